The summed E-state index contributed by atoms with van der Waals surface area (Å²) in [5, 5.41) is 3.68. The van der Waals surface area contributed by atoms with Crippen molar-refractivity contribution in [3.05, 3.63) is 0 Å². The van der Waals surface area contributed by atoms with Crippen LogP contribution in [0, 0.1) is 0 Å². The Morgan fingerprint density at radius 1 is 1.38 bits per heavy atom. The number of nitrogens with zero attached hydrogens (tertiary/aromatic N) is 1. The Morgan fingerprint density at radius 2 is 2.15 bits per heavy atom. The minimum Gasteiger partial charge on any atom is -0.314 e. The third kappa shape index (κ3) is 2.11. The highest BCUT2D eigenvalue weighted by atomic mass is 32.2. The molecule has 76 valence electrons. The summed E-state index contributed by atoms with van der Waals surface area (Å²) in [6.45, 7) is 6.53. The quantitative estimate of drug-likeness (QED) is 0.639. The van der Waals surface area contributed by atoms with Crippen molar-refractivity contribution in [3.63, 3.8) is 0 Å². The second-order valence-corrected chi connectivity index (χ2v) is 6.01. The van der Waals surface area contributed by atoms with E-state index in [-0.39, 0.29) is 0 Å². The van der Waals surface area contributed by atoms with Gasteiger partial charge >= 0.3 is 0 Å². The van der Waals surface area contributed by atoms with Crippen LogP contribution >= 0.6 is 0 Å². The van der Waals surface area contributed by atoms with Crippen molar-refractivity contribution < 1.29 is 4.21 Å². The number of rotatable bonds is 1. The van der Waals surface area contributed by atoms with Crippen LogP contribution in [0.1, 0.15) is 13.3 Å². The monoisotopic (exact) mass is 202 g/mol. The Bertz CT molecular complexity index is 206. The van der Waals surface area contributed by atoms with Gasteiger partial charge in [-0.1, -0.05) is 6.92 Å². The Balaban J connectivity index is 1.89. The number of nitrogens with one attached hydrogen (secondary N) is 1. The van der Waals surface area contributed by atoms with E-state index in [4.69, 9.17) is 0 Å². The number of hydrogen-bond donors (Lipinski definition) is 1. The largest absolute Gasteiger partial charge is 0.314 e. The molecule has 0 aliphatic carbocycles. The first kappa shape index (κ1) is 9.62. The van der Waals surface area contributed by atoms with Crippen molar-refractivity contribution in [2.45, 2.75) is 24.6 Å². The molecule has 0 amide bonds. The summed E-state index contributed by atoms with van der Waals surface area (Å²) in [6.07, 6.45) is 1.10. The van der Waals surface area contributed by atoms with Gasteiger partial charge in [0, 0.05) is 47.5 Å². The Morgan fingerprint density at radius 3 is 2.77 bits per heavy atom. The van der Waals surface area contributed by atoms with Crippen molar-refractivity contribution in [2.75, 3.05) is 31.9 Å². The van der Waals surface area contributed by atoms with Gasteiger partial charge in [-0.05, 0) is 13.0 Å². The summed E-state index contributed by atoms with van der Waals surface area (Å²) in [4.78, 5) is 2.50. The zero-order valence-electron chi connectivity index (χ0n) is 8.16. The average Bonchev–Trinajstić information content (AvgIpc) is 2.16. The maximum atomic E-state index is 11.6. The highest BCUT2D eigenvalue weighted by Crippen LogP contribution is 2.13. The summed E-state index contributed by atoms with van der Waals surface area (Å²) in [5.74, 6) is 0.873. The normalized spacial score (nSPS) is 38.2. The Labute approximate surface area is 82.3 Å². The molecule has 0 aromatic heterocycles. The second-order valence-electron chi connectivity index (χ2n) is 4.03. The molecule has 2 aliphatic heterocycles. The fourth-order valence-electron chi connectivity index (χ4n) is 1.90. The maximum absolute atomic E-state index is 11.6. The van der Waals surface area contributed by atoms with Gasteiger partial charge in [0.2, 0.25) is 0 Å². The lowest BCUT2D eigenvalue weighted by atomic mass is 10.1. The Hall–Kier alpha value is 0.0700. The van der Waals surface area contributed by atoms with Crippen LogP contribution < -0.4 is 5.32 Å². The van der Waals surface area contributed by atoms with E-state index in [1.54, 1.807) is 0 Å². The van der Waals surface area contributed by atoms with E-state index in [0.29, 0.717) is 5.25 Å². The molecule has 0 spiro atoms. The van der Waals surface area contributed by atoms with Gasteiger partial charge in [0.15, 0.2) is 0 Å². The minimum absolute atomic E-state index is 0.401. The topological polar surface area (TPSA) is 32.3 Å². The standard InChI is InChI=1S/C9H18N2OS/c1-8-2-3-11(4-5-13(8)12)9-6-10-7-9/h8-10H,2-7H2,1H3. The molecule has 0 aromatic rings. The lowest BCUT2D eigenvalue weighted by molar-refractivity contribution is 0.155. The van der Waals surface area contributed by atoms with Crippen LogP contribution in [0.3, 0.4) is 0 Å². The van der Waals surface area contributed by atoms with Gasteiger partial charge in [-0.15, -0.1) is 0 Å². The first-order valence-corrected chi connectivity index (χ1v) is 6.47. The predicted octanol–water partition coefficient (Wildman–Crippen LogP) is -0.199. The molecule has 2 atom stereocenters. The smallest absolute Gasteiger partial charge is 0.0365 e. The second kappa shape index (κ2) is 4.07. The lowest BCUT2D eigenvalue weighted by Crippen LogP contribution is -2.57. The Kier molecular flexibility index (Phi) is 3.01. The molecule has 1 N–H and O–H groups in total. The SMILES string of the molecule is CC1CCN(C2CNC2)CCS1=O. The highest BCUT2D eigenvalue weighted by molar-refractivity contribution is 7.85. The van der Waals surface area contributed by atoms with Crippen LogP contribution in [0.2, 0.25) is 0 Å². The maximum Gasteiger partial charge on any atom is 0.0365 e. The molecule has 4 heteroatoms. The average molecular weight is 202 g/mol. The summed E-state index contributed by atoms with van der Waals surface area (Å²) < 4.78 is 11.6. The van der Waals surface area contributed by atoms with E-state index in [0.717, 1.165) is 44.4 Å². The predicted molar refractivity (Wildman–Crippen MR) is 55.3 cm³/mol. The van der Waals surface area contributed by atoms with Gasteiger partial charge in [-0.25, -0.2) is 0 Å². The van der Waals surface area contributed by atoms with Gasteiger partial charge < -0.3 is 5.32 Å². The van der Waals surface area contributed by atoms with Gasteiger partial charge in [0.1, 0.15) is 0 Å². The summed E-state index contributed by atoms with van der Waals surface area (Å²) in [6, 6.07) is 0.724. The highest BCUT2D eigenvalue weighted by Gasteiger charge is 2.27. The molecule has 0 radical (unpaired) electrons. The molecule has 2 unspecified atom stereocenters. The summed E-state index contributed by atoms with van der Waals surface area (Å²) >= 11 is 0. The first-order chi connectivity index (χ1) is 6.27. The zero-order valence-corrected chi connectivity index (χ0v) is 8.98. The summed E-state index contributed by atoms with van der Waals surface area (Å²) in [5.41, 5.74) is 0. The van der Waals surface area contributed by atoms with E-state index in [9.17, 15) is 4.21 Å². The molecule has 0 aromatic carbocycles. The van der Waals surface area contributed by atoms with Crippen LogP contribution in [-0.2, 0) is 10.8 Å². The molecule has 2 fully saturated rings. The van der Waals surface area contributed by atoms with Gasteiger partial charge in [0.05, 0.1) is 0 Å². The third-order valence-electron chi connectivity index (χ3n) is 3.13. The molecule has 2 heterocycles. The molecule has 2 aliphatic rings. The van der Waals surface area contributed by atoms with E-state index >= 15 is 0 Å². The molecule has 2 saturated heterocycles. The molecule has 2 rings (SSSR count). The van der Waals surface area contributed by atoms with E-state index in [1.807, 2.05) is 0 Å². The van der Waals surface area contributed by atoms with E-state index in [1.165, 1.54) is 0 Å². The van der Waals surface area contributed by atoms with Crippen molar-refractivity contribution in [1.29, 1.82) is 0 Å². The van der Waals surface area contributed by atoms with Gasteiger partial charge in [-0.2, -0.15) is 0 Å². The van der Waals surface area contributed by atoms with Crippen LogP contribution in [0.5, 0.6) is 0 Å². The van der Waals surface area contributed by atoms with Crippen molar-refractivity contribution in [3.8, 4) is 0 Å². The fourth-order valence-corrected chi connectivity index (χ4v) is 3.08. The minimum atomic E-state index is -0.580. The molecule has 3 nitrogen and oxygen atoms in total. The third-order valence-corrected chi connectivity index (χ3v) is 4.85. The molecular weight excluding hydrogens is 184 g/mol. The van der Waals surface area contributed by atoms with Crippen molar-refractivity contribution >= 4 is 10.8 Å². The lowest BCUT2D eigenvalue weighted by Gasteiger charge is -2.37. The number of hydrogen-bond acceptors (Lipinski definition) is 3. The van der Waals surface area contributed by atoms with E-state index in [2.05, 4.69) is 17.1 Å². The van der Waals surface area contributed by atoms with Crippen molar-refractivity contribution in [2.24, 2.45) is 0 Å². The van der Waals surface area contributed by atoms with Crippen LogP contribution in [0.4, 0.5) is 0 Å². The molecular formula is C9H18N2OS. The van der Waals surface area contributed by atoms with Crippen LogP contribution in [0.25, 0.3) is 0 Å². The molecule has 13 heavy (non-hydrogen) atoms. The summed E-state index contributed by atoms with van der Waals surface area (Å²) in [7, 11) is -0.580. The van der Waals surface area contributed by atoms with Gasteiger partial charge in [0.25, 0.3) is 0 Å². The van der Waals surface area contributed by atoms with E-state index < -0.39 is 10.8 Å². The molecule has 0 saturated carbocycles. The van der Waals surface area contributed by atoms with Crippen LogP contribution in [-0.4, -0.2) is 52.3 Å². The van der Waals surface area contributed by atoms with Crippen molar-refractivity contribution in [1.82, 2.24) is 10.2 Å². The fraction of sp³-hybridized carbons (Fsp3) is 1.00. The zero-order chi connectivity index (χ0) is 9.26. The first-order valence-electron chi connectivity index (χ1n) is 5.09. The van der Waals surface area contributed by atoms with Gasteiger partial charge in [-0.3, -0.25) is 9.11 Å². The molecule has 0 bridgehead atoms. The van der Waals surface area contributed by atoms with Crippen LogP contribution in [0.15, 0.2) is 0 Å².